The molecule has 0 saturated heterocycles. The first-order valence-corrected chi connectivity index (χ1v) is 7.78. The SMILES string of the molecule is CC(Sc1ccccc1)C(=O)Nc1ccc(Cl)c(C(=O)O)c1. The molecule has 114 valence electrons. The van der Waals surface area contributed by atoms with Crippen molar-refractivity contribution in [1.29, 1.82) is 0 Å². The van der Waals surface area contributed by atoms with Crippen LogP contribution >= 0.6 is 23.4 Å². The van der Waals surface area contributed by atoms with Gasteiger partial charge >= 0.3 is 5.97 Å². The van der Waals surface area contributed by atoms with Crippen LogP contribution in [-0.4, -0.2) is 22.2 Å². The number of carboxylic acids is 1. The number of amides is 1. The maximum atomic E-state index is 12.2. The van der Waals surface area contributed by atoms with E-state index >= 15 is 0 Å². The zero-order valence-corrected chi connectivity index (χ0v) is 13.3. The van der Waals surface area contributed by atoms with Gasteiger partial charge in [-0.1, -0.05) is 29.8 Å². The van der Waals surface area contributed by atoms with Crippen LogP contribution in [-0.2, 0) is 4.79 Å². The molecule has 0 aliphatic carbocycles. The molecule has 1 amide bonds. The molecule has 2 N–H and O–H groups in total. The van der Waals surface area contributed by atoms with Crippen LogP contribution in [0.25, 0.3) is 0 Å². The van der Waals surface area contributed by atoms with Gasteiger partial charge in [-0.05, 0) is 37.3 Å². The van der Waals surface area contributed by atoms with Crippen molar-refractivity contribution >= 4 is 40.9 Å². The van der Waals surface area contributed by atoms with E-state index < -0.39 is 5.97 Å². The number of halogens is 1. The van der Waals surface area contributed by atoms with Crippen LogP contribution in [0.3, 0.4) is 0 Å². The predicted octanol–water partition coefficient (Wildman–Crippen LogP) is 4.16. The lowest BCUT2D eigenvalue weighted by molar-refractivity contribution is -0.115. The van der Waals surface area contributed by atoms with Gasteiger partial charge in [0.25, 0.3) is 0 Å². The lowest BCUT2D eigenvalue weighted by Crippen LogP contribution is -2.22. The zero-order valence-electron chi connectivity index (χ0n) is 11.7. The van der Waals surface area contributed by atoms with Crippen molar-refractivity contribution in [2.75, 3.05) is 5.32 Å². The summed E-state index contributed by atoms with van der Waals surface area (Å²) in [7, 11) is 0. The van der Waals surface area contributed by atoms with Crippen molar-refractivity contribution in [3.05, 3.63) is 59.1 Å². The number of carbonyl (C=O) groups is 2. The van der Waals surface area contributed by atoms with E-state index in [4.69, 9.17) is 16.7 Å². The van der Waals surface area contributed by atoms with Crippen LogP contribution in [0.4, 0.5) is 5.69 Å². The van der Waals surface area contributed by atoms with E-state index in [-0.39, 0.29) is 21.7 Å². The van der Waals surface area contributed by atoms with Crippen molar-refractivity contribution in [2.24, 2.45) is 0 Å². The summed E-state index contributed by atoms with van der Waals surface area (Å²) < 4.78 is 0. The number of hydrogen-bond acceptors (Lipinski definition) is 3. The van der Waals surface area contributed by atoms with Crippen LogP contribution in [0.15, 0.2) is 53.4 Å². The first-order chi connectivity index (χ1) is 10.5. The molecule has 0 aliphatic heterocycles. The quantitative estimate of drug-likeness (QED) is 0.805. The third kappa shape index (κ3) is 4.26. The number of rotatable bonds is 5. The molecule has 22 heavy (non-hydrogen) atoms. The molecular weight excluding hydrogens is 322 g/mol. The highest BCUT2D eigenvalue weighted by Crippen LogP contribution is 2.25. The van der Waals surface area contributed by atoms with Gasteiger partial charge in [-0.25, -0.2) is 4.79 Å². The van der Waals surface area contributed by atoms with Crippen LogP contribution in [0.2, 0.25) is 5.02 Å². The van der Waals surface area contributed by atoms with E-state index in [2.05, 4.69) is 5.32 Å². The van der Waals surface area contributed by atoms with Gasteiger partial charge in [0.15, 0.2) is 0 Å². The fraction of sp³-hybridized carbons (Fsp3) is 0.125. The summed E-state index contributed by atoms with van der Waals surface area (Å²) in [5.74, 6) is -1.33. The van der Waals surface area contributed by atoms with E-state index in [0.29, 0.717) is 5.69 Å². The minimum absolute atomic E-state index is 0.0390. The van der Waals surface area contributed by atoms with Crippen molar-refractivity contribution in [1.82, 2.24) is 0 Å². The summed E-state index contributed by atoms with van der Waals surface area (Å²) in [5, 5.41) is 11.6. The average molecular weight is 336 g/mol. The first kappa shape index (κ1) is 16.4. The summed E-state index contributed by atoms with van der Waals surface area (Å²) in [5.41, 5.74) is 0.371. The Hall–Kier alpha value is -1.98. The van der Waals surface area contributed by atoms with Gasteiger partial charge in [0.2, 0.25) is 5.91 Å². The average Bonchev–Trinajstić information content (AvgIpc) is 2.49. The van der Waals surface area contributed by atoms with Gasteiger partial charge in [0.05, 0.1) is 15.8 Å². The molecule has 0 fully saturated rings. The molecule has 0 bridgehead atoms. The van der Waals surface area contributed by atoms with Gasteiger partial charge in [-0.2, -0.15) is 0 Å². The lowest BCUT2D eigenvalue weighted by atomic mass is 10.2. The highest BCUT2D eigenvalue weighted by atomic mass is 35.5. The first-order valence-electron chi connectivity index (χ1n) is 6.53. The Morgan fingerprint density at radius 1 is 1.18 bits per heavy atom. The number of aromatic carboxylic acids is 1. The van der Waals surface area contributed by atoms with E-state index in [9.17, 15) is 9.59 Å². The molecule has 2 aromatic rings. The van der Waals surface area contributed by atoms with Gasteiger partial charge < -0.3 is 10.4 Å². The highest BCUT2D eigenvalue weighted by Gasteiger charge is 2.16. The topological polar surface area (TPSA) is 66.4 Å². The minimum atomic E-state index is -1.13. The number of thioether (sulfide) groups is 1. The standard InChI is InChI=1S/C16H14ClNO3S/c1-10(22-12-5-3-2-4-6-12)15(19)18-11-7-8-14(17)13(9-11)16(20)21/h2-10H,1H3,(H,18,19)(H,20,21). The third-order valence-electron chi connectivity index (χ3n) is 2.89. The van der Waals surface area contributed by atoms with Gasteiger partial charge in [0, 0.05) is 10.6 Å². The molecule has 0 aromatic heterocycles. The van der Waals surface area contributed by atoms with Crippen LogP contribution in [0, 0.1) is 0 Å². The Labute approximate surface area is 137 Å². The second-order valence-electron chi connectivity index (χ2n) is 4.56. The number of benzene rings is 2. The molecular formula is C16H14ClNO3S. The van der Waals surface area contributed by atoms with Crippen molar-refractivity contribution in [3.8, 4) is 0 Å². The number of hydrogen-bond donors (Lipinski definition) is 2. The van der Waals surface area contributed by atoms with Crippen LogP contribution in [0.1, 0.15) is 17.3 Å². The fourth-order valence-electron chi connectivity index (χ4n) is 1.77. The smallest absolute Gasteiger partial charge is 0.337 e. The molecule has 0 radical (unpaired) electrons. The second kappa shape index (κ2) is 7.33. The predicted molar refractivity (Wildman–Crippen MR) is 88.8 cm³/mol. The van der Waals surface area contributed by atoms with Gasteiger partial charge in [0.1, 0.15) is 0 Å². The summed E-state index contributed by atoms with van der Waals surface area (Å²) in [6.07, 6.45) is 0. The van der Waals surface area contributed by atoms with Crippen LogP contribution in [0.5, 0.6) is 0 Å². The number of anilines is 1. The number of nitrogens with one attached hydrogen (secondary N) is 1. The fourth-order valence-corrected chi connectivity index (χ4v) is 2.85. The van der Waals surface area contributed by atoms with Gasteiger partial charge in [-0.3, -0.25) is 4.79 Å². The highest BCUT2D eigenvalue weighted by molar-refractivity contribution is 8.00. The van der Waals surface area contributed by atoms with E-state index in [1.165, 1.54) is 23.9 Å². The molecule has 0 saturated carbocycles. The summed E-state index contributed by atoms with van der Waals surface area (Å²) in [6.45, 7) is 1.79. The number of carboxylic acid groups (broad SMARTS) is 1. The Morgan fingerprint density at radius 2 is 1.86 bits per heavy atom. The largest absolute Gasteiger partial charge is 0.478 e. The van der Waals surface area contributed by atoms with Crippen LogP contribution < -0.4 is 5.32 Å². The molecule has 4 nitrogen and oxygen atoms in total. The molecule has 1 atom stereocenters. The monoisotopic (exact) mass is 335 g/mol. The Kier molecular flexibility index (Phi) is 5.46. The maximum Gasteiger partial charge on any atom is 0.337 e. The summed E-state index contributed by atoms with van der Waals surface area (Å²) >= 11 is 7.23. The molecule has 0 aliphatic rings. The molecule has 0 spiro atoms. The van der Waals surface area contributed by atoms with Crippen molar-refractivity contribution in [2.45, 2.75) is 17.1 Å². The zero-order chi connectivity index (χ0) is 16.1. The van der Waals surface area contributed by atoms with Crippen molar-refractivity contribution < 1.29 is 14.7 Å². The molecule has 0 heterocycles. The Balaban J connectivity index is 2.05. The minimum Gasteiger partial charge on any atom is -0.478 e. The summed E-state index contributed by atoms with van der Waals surface area (Å²) in [4.78, 5) is 24.2. The van der Waals surface area contributed by atoms with E-state index in [1.54, 1.807) is 13.0 Å². The molecule has 2 rings (SSSR count). The molecule has 2 aromatic carbocycles. The Morgan fingerprint density at radius 3 is 2.50 bits per heavy atom. The summed E-state index contributed by atoms with van der Waals surface area (Å²) in [6, 6.07) is 14.0. The Bertz CT molecular complexity index is 691. The van der Waals surface area contributed by atoms with Crippen molar-refractivity contribution in [3.63, 3.8) is 0 Å². The van der Waals surface area contributed by atoms with E-state index in [0.717, 1.165) is 4.90 Å². The second-order valence-corrected chi connectivity index (χ2v) is 6.38. The molecule has 1 unspecified atom stereocenters. The third-order valence-corrected chi connectivity index (χ3v) is 4.33. The van der Waals surface area contributed by atoms with Gasteiger partial charge in [-0.15, -0.1) is 11.8 Å². The normalized spacial score (nSPS) is 11.7. The maximum absolute atomic E-state index is 12.2. The number of carbonyl (C=O) groups excluding carboxylic acids is 1. The lowest BCUT2D eigenvalue weighted by Gasteiger charge is -2.12. The van der Waals surface area contributed by atoms with E-state index in [1.807, 2.05) is 30.3 Å². The molecule has 6 heteroatoms.